The predicted molar refractivity (Wildman–Crippen MR) is 77.0 cm³/mol. The summed E-state index contributed by atoms with van der Waals surface area (Å²) in [6, 6.07) is 9.26. The molecule has 0 fully saturated rings. The van der Waals surface area contributed by atoms with Crippen molar-refractivity contribution in [3.8, 4) is 5.75 Å². The molecule has 2 aromatic rings. The molecule has 1 aromatic heterocycles. The lowest BCUT2D eigenvalue weighted by atomic mass is 10.2. The van der Waals surface area contributed by atoms with Crippen LogP contribution >= 0.6 is 15.9 Å². The Morgan fingerprint density at radius 3 is 2.89 bits per heavy atom. The molecule has 0 unspecified atom stereocenters. The summed E-state index contributed by atoms with van der Waals surface area (Å²) in [4.78, 5) is 15.2. The van der Waals surface area contributed by atoms with E-state index in [2.05, 4.69) is 26.2 Å². The Bertz CT molecular complexity index is 587. The Balaban J connectivity index is 2.09. The molecule has 5 heteroatoms. The topological polar surface area (TPSA) is 51.2 Å². The third-order valence-electron chi connectivity index (χ3n) is 2.35. The van der Waals surface area contributed by atoms with Gasteiger partial charge in [0.05, 0.1) is 5.69 Å². The van der Waals surface area contributed by atoms with Crippen LogP contribution in [0.4, 0.5) is 5.69 Å². The van der Waals surface area contributed by atoms with Gasteiger partial charge in [-0.15, -0.1) is 0 Å². The monoisotopic (exact) mass is 320 g/mol. The van der Waals surface area contributed by atoms with E-state index in [4.69, 9.17) is 4.74 Å². The summed E-state index contributed by atoms with van der Waals surface area (Å²) in [6.45, 7) is 1.86. The Morgan fingerprint density at radius 1 is 1.37 bits per heavy atom. The number of halogens is 1. The van der Waals surface area contributed by atoms with Crippen molar-refractivity contribution in [2.75, 3.05) is 5.32 Å². The van der Waals surface area contributed by atoms with Crippen molar-refractivity contribution in [2.45, 2.75) is 13.5 Å². The summed E-state index contributed by atoms with van der Waals surface area (Å²) in [5, 5.41) is 2.73. The number of rotatable bonds is 4. The van der Waals surface area contributed by atoms with E-state index >= 15 is 0 Å². The van der Waals surface area contributed by atoms with Crippen molar-refractivity contribution < 1.29 is 9.53 Å². The molecule has 0 spiro atoms. The number of ether oxygens (including phenoxy) is 1. The molecule has 1 heterocycles. The zero-order valence-corrected chi connectivity index (χ0v) is 12.0. The third-order valence-corrected chi connectivity index (χ3v) is 2.79. The van der Waals surface area contributed by atoms with Crippen LogP contribution in [0.15, 0.2) is 47.2 Å². The van der Waals surface area contributed by atoms with Gasteiger partial charge in [0.15, 0.2) is 0 Å². The average molecular weight is 321 g/mol. The minimum atomic E-state index is -0.125. The zero-order valence-electron chi connectivity index (χ0n) is 10.4. The Hall–Kier alpha value is -1.88. The van der Waals surface area contributed by atoms with Crippen molar-refractivity contribution in [1.82, 2.24) is 4.98 Å². The molecule has 0 aliphatic carbocycles. The Labute approximate surface area is 119 Å². The molecule has 0 radical (unpaired) electrons. The lowest BCUT2D eigenvalue weighted by Crippen LogP contribution is -2.07. The number of aromatic nitrogens is 1. The largest absolute Gasteiger partial charge is 0.487 e. The number of hydrogen-bond donors (Lipinski definition) is 1. The van der Waals surface area contributed by atoms with Gasteiger partial charge in [-0.25, -0.2) is 0 Å². The van der Waals surface area contributed by atoms with Gasteiger partial charge in [-0.3, -0.25) is 9.78 Å². The van der Waals surface area contributed by atoms with Crippen molar-refractivity contribution in [3.05, 3.63) is 52.8 Å². The number of carbonyl (C=O) groups is 1. The van der Waals surface area contributed by atoms with Crippen LogP contribution in [0, 0.1) is 0 Å². The number of benzene rings is 1. The first-order valence-corrected chi connectivity index (χ1v) is 6.53. The second kappa shape index (κ2) is 6.33. The first kappa shape index (κ1) is 13.5. The van der Waals surface area contributed by atoms with Crippen LogP contribution in [-0.4, -0.2) is 10.9 Å². The molecule has 4 nitrogen and oxygen atoms in total. The molecule has 0 aliphatic rings. The molecular formula is C14H13BrN2O2. The van der Waals surface area contributed by atoms with E-state index in [0.717, 1.165) is 10.0 Å². The van der Waals surface area contributed by atoms with Crippen LogP contribution in [0.25, 0.3) is 0 Å². The first-order valence-electron chi connectivity index (χ1n) is 5.74. The van der Waals surface area contributed by atoms with E-state index < -0.39 is 0 Å². The fourth-order valence-corrected chi connectivity index (χ4v) is 1.99. The van der Waals surface area contributed by atoms with Crippen molar-refractivity contribution in [3.63, 3.8) is 0 Å². The van der Waals surface area contributed by atoms with E-state index in [-0.39, 0.29) is 5.91 Å². The maximum atomic E-state index is 11.1. The minimum Gasteiger partial charge on any atom is -0.487 e. The van der Waals surface area contributed by atoms with Gasteiger partial charge in [0.25, 0.3) is 0 Å². The highest BCUT2D eigenvalue weighted by Gasteiger charge is 2.05. The van der Waals surface area contributed by atoms with Crippen molar-refractivity contribution in [1.29, 1.82) is 0 Å². The molecule has 2 rings (SSSR count). The maximum absolute atomic E-state index is 11.1. The Kier molecular flexibility index (Phi) is 4.52. The van der Waals surface area contributed by atoms with Gasteiger partial charge in [0.1, 0.15) is 12.4 Å². The zero-order chi connectivity index (χ0) is 13.7. The molecule has 98 valence electrons. The first-order chi connectivity index (χ1) is 9.15. The van der Waals surface area contributed by atoms with Gasteiger partial charge in [0, 0.05) is 29.4 Å². The summed E-state index contributed by atoms with van der Waals surface area (Å²) in [7, 11) is 0. The Morgan fingerprint density at radius 2 is 2.16 bits per heavy atom. The normalized spacial score (nSPS) is 10.0. The molecule has 19 heavy (non-hydrogen) atoms. The summed E-state index contributed by atoms with van der Waals surface area (Å²) in [5.74, 6) is 0.512. The summed E-state index contributed by atoms with van der Waals surface area (Å²) < 4.78 is 6.61. The highest BCUT2D eigenvalue weighted by molar-refractivity contribution is 9.10. The number of para-hydroxylation sites is 2. The molecule has 0 atom stereocenters. The number of nitrogens with zero attached hydrogens (tertiary/aromatic N) is 1. The summed E-state index contributed by atoms with van der Waals surface area (Å²) in [5.41, 5.74) is 1.62. The van der Waals surface area contributed by atoms with Crippen LogP contribution in [0.2, 0.25) is 0 Å². The van der Waals surface area contributed by atoms with E-state index in [0.29, 0.717) is 18.0 Å². The second-order valence-corrected chi connectivity index (χ2v) is 4.89. The van der Waals surface area contributed by atoms with Crippen LogP contribution in [-0.2, 0) is 11.4 Å². The van der Waals surface area contributed by atoms with Gasteiger partial charge >= 0.3 is 0 Å². The molecule has 0 aliphatic heterocycles. The van der Waals surface area contributed by atoms with Gasteiger partial charge in [0.2, 0.25) is 5.91 Å². The van der Waals surface area contributed by atoms with Crippen molar-refractivity contribution >= 4 is 27.5 Å². The quantitative estimate of drug-likeness (QED) is 0.939. The van der Waals surface area contributed by atoms with Gasteiger partial charge in [-0.2, -0.15) is 0 Å². The lowest BCUT2D eigenvalue weighted by molar-refractivity contribution is -0.114. The number of carbonyl (C=O) groups excluding carboxylic acids is 1. The van der Waals surface area contributed by atoms with E-state index in [1.165, 1.54) is 6.92 Å². The average Bonchev–Trinajstić information content (AvgIpc) is 2.37. The molecule has 0 saturated heterocycles. The SMILES string of the molecule is CC(=O)Nc1ccccc1OCc1cncc(Br)c1. The maximum Gasteiger partial charge on any atom is 0.221 e. The number of nitrogens with one attached hydrogen (secondary N) is 1. The van der Waals surface area contributed by atoms with Gasteiger partial charge < -0.3 is 10.1 Å². The van der Waals surface area contributed by atoms with Gasteiger partial charge in [-0.05, 0) is 34.1 Å². The van der Waals surface area contributed by atoms with E-state index in [1.807, 2.05) is 24.3 Å². The highest BCUT2D eigenvalue weighted by atomic mass is 79.9. The number of anilines is 1. The fourth-order valence-electron chi connectivity index (χ4n) is 1.58. The predicted octanol–water partition coefficient (Wildman–Crippen LogP) is 3.38. The number of amides is 1. The van der Waals surface area contributed by atoms with E-state index in [1.54, 1.807) is 18.5 Å². The molecule has 1 amide bonds. The number of pyridine rings is 1. The smallest absolute Gasteiger partial charge is 0.221 e. The van der Waals surface area contributed by atoms with Gasteiger partial charge in [-0.1, -0.05) is 12.1 Å². The second-order valence-electron chi connectivity index (χ2n) is 3.98. The molecule has 1 N–H and O–H groups in total. The van der Waals surface area contributed by atoms with Crippen molar-refractivity contribution in [2.24, 2.45) is 0 Å². The molecule has 0 saturated carbocycles. The molecule has 0 bridgehead atoms. The third kappa shape index (κ3) is 4.06. The number of hydrogen-bond acceptors (Lipinski definition) is 3. The van der Waals surface area contributed by atoms with Crippen LogP contribution < -0.4 is 10.1 Å². The highest BCUT2D eigenvalue weighted by Crippen LogP contribution is 2.24. The van der Waals surface area contributed by atoms with Crippen LogP contribution in [0.3, 0.4) is 0 Å². The van der Waals surface area contributed by atoms with E-state index in [9.17, 15) is 4.79 Å². The standard InChI is InChI=1S/C14H13BrN2O2/c1-10(18)17-13-4-2-3-5-14(13)19-9-11-6-12(15)8-16-7-11/h2-8H,9H2,1H3,(H,17,18). The van der Waals surface area contributed by atoms with Crippen LogP contribution in [0.1, 0.15) is 12.5 Å². The summed E-state index contributed by atoms with van der Waals surface area (Å²) in [6.07, 6.45) is 3.46. The molecule has 1 aromatic carbocycles. The summed E-state index contributed by atoms with van der Waals surface area (Å²) >= 11 is 3.36. The van der Waals surface area contributed by atoms with Crippen LogP contribution in [0.5, 0.6) is 5.75 Å². The fraction of sp³-hybridized carbons (Fsp3) is 0.143. The lowest BCUT2D eigenvalue weighted by Gasteiger charge is -2.11. The minimum absolute atomic E-state index is 0.125. The molecular weight excluding hydrogens is 308 g/mol.